The molecule has 3 aromatic rings. The van der Waals surface area contributed by atoms with Crippen molar-refractivity contribution in [2.75, 3.05) is 0 Å². The Morgan fingerprint density at radius 1 is 1.04 bits per heavy atom. The minimum Gasteiger partial charge on any atom is -0.352 e. The molecule has 1 N–H and O–H groups in total. The van der Waals surface area contributed by atoms with E-state index in [9.17, 15) is 4.79 Å². The molecule has 0 saturated carbocycles. The van der Waals surface area contributed by atoms with Gasteiger partial charge in [-0.25, -0.2) is 0 Å². The van der Waals surface area contributed by atoms with Crippen LogP contribution in [-0.2, 0) is 11.3 Å². The van der Waals surface area contributed by atoms with Crippen molar-refractivity contribution in [2.45, 2.75) is 25.8 Å². The molecule has 4 heteroatoms. The number of aryl methyl sites for hydroxylation is 1. The summed E-state index contributed by atoms with van der Waals surface area (Å²) in [6, 6.07) is 21.7. The monoisotopic (exact) mass is 364 g/mol. The van der Waals surface area contributed by atoms with Crippen LogP contribution in [0.3, 0.4) is 0 Å². The van der Waals surface area contributed by atoms with Crippen molar-refractivity contribution in [3.05, 3.63) is 100 Å². The van der Waals surface area contributed by atoms with E-state index in [1.807, 2.05) is 61.5 Å². The molecular weight excluding hydrogens is 344 g/mol. The summed E-state index contributed by atoms with van der Waals surface area (Å²) in [6.07, 6.45) is 2.15. The number of amides is 1. The van der Waals surface area contributed by atoms with Crippen LogP contribution < -0.4 is 5.32 Å². The second-order valence-electron chi connectivity index (χ2n) is 6.30. The van der Waals surface area contributed by atoms with Crippen molar-refractivity contribution >= 4 is 17.5 Å². The lowest BCUT2D eigenvalue weighted by Gasteiger charge is -2.18. The molecule has 0 unspecified atom stereocenters. The standard InChI is InChI=1S/C22H21ClN2O/c1-16-13-17(11-12-24-16)15-25-22(26)14-21(18-5-3-2-4-6-18)19-7-9-20(23)10-8-19/h2-13,21H,14-15H2,1H3,(H,25,26)/t21-/m1/s1. The van der Waals surface area contributed by atoms with E-state index in [4.69, 9.17) is 11.6 Å². The Kier molecular flexibility index (Phi) is 6.03. The van der Waals surface area contributed by atoms with Crippen molar-refractivity contribution in [2.24, 2.45) is 0 Å². The van der Waals surface area contributed by atoms with Crippen LogP contribution in [0.1, 0.15) is 34.7 Å². The van der Waals surface area contributed by atoms with E-state index >= 15 is 0 Å². The summed E-state index contributed by atoms with van der Waals surface area (Å²) in [6.45, 7) is 2.45. The van der Waals surface area contributed by atoms with Gasteiger partial charge in [-0.1, -0.05) is 54.1 Å². The van der Waals surface area contributed by atoms with Gasteiger partial charge in [0.1, 0.15) is 0 Å². The molecule has 0 radical (unpaired) electrons. The first kappa shape index (κ1) is 18.2. The summed E-state index contributed by atoms with van der Waals surface area (Å²) in [5.41, 5.74) is 4.19. The summed E-state index contributed by atoms with van der Waals surface area (Å²) < 4.78 is 0. The van der Waals surface area contributed by atoms with Crippen molar-refractivity contribution in [3.63, 3.8) is 0 Å². The van der Waals surface area contributed by atoms with Crippen LogP contribution in [0.25, 0.3) is 0 Å². The first-order valence-corrected chi connectivity index (χ1v) is 8.98. The Morgan fingerprint density at radius 3 is 2.42 bits per heavy atom. The molecular formula is C22H21ClN2O. The topological polar surface area (TPSA) is 42.0 Å². The lowest BCUT2D eigenvalue weighted by molar-refractivity contribution is -0.121. The summed E-state index contributed by atoms with van der Waals surface area (Å²) in [5.74, 6) is 0.0101. The minimum absolute atomic E-state index is 0.00681. The smallest absolute Gasteiger partial charge is 0.221 e. The summed E-state index contributed by atoms with van der Waals surface area (Å²) in [7, 11) is 0. The van der Waals surface area contributed by atoms with Crippen LogP contribution >= 0.6 is 11.6 Å². The van der Waals surface area contributed by atoms with Crippen LogP contribution in [0, 0.1) is 6.92 Å². The third-order valence-corrected chi connectivity index (χ3v) is 4.57. The molecule has 1 atom stereocenters. The number of carbonyl (C=O) groups excluding carboxylic acids is 1. The maximum Gasteiger partial charge on any atom is 0.221 e. The fourth-order valence-electron chi connectivity index (χ4n) is 2.98. The number of nitrogens with zero attached hydrogens (tertiary/aromatic N) is 1. The van der Waals surface area contributed by atoms with Crippen LogP contribution in [0.15, 0.2) is 72.9 Å². The van der Waals surface area contributed by atoms with Crippen molar-refractivity contribution in [1.82, 2.24) is 10.3 Å². The lowest BCUT2D eigenvalue weighted by Crippen LogP contribution is -2.25. The van der Waals surface area contributed by atoms with Gasteiger partial charge in [0, 0.05) is 35.8 Å². The molecule has 132 valence electrons. The normalized spacial score (nSPS) is 11.8. The maximum atomic E-state index is 12.6. The summed E-state index contributed by atoms with van der Waals surface area (Å²) in [4.78, 5) is 16.8. The number of pyridine rings is 1. The molecule has 0 saturated heterocycles. The predicted molar refractivity (Wildman–Crippen MR) is 105 cm³/mol. The largest absolute Gasteiger partial charge is 0.352 e. The molecule has 0 aliphatic rings. The van der Waals surface area contributed by atoms with E-state index in [1.165, 1.54) is 0 Å². The highest BCUT2D eigenvalue weighted by molar-refractivity contribution is 6.30. The zero-order chi connectivity index (χ0) is 18.4. The second-order valence-corrected chi connectivity index (χ2v) is 6.74. The Morgan fingerprint density at radius 2 is 1.73 bits per heavy atom. The number of hydrogen-bond acceptors (Lipinski definition) is 2. The van der Waals surface area contributed by atoms with Crippen molar-refractivity contribution < 1.29 is 4.79 Å². The average molecular weight is 365 g/mol. The van der Waals surface area contributed by atoms with Gasteiger partial charge in [0.25, 0.3) is 0 Å². The molecule has 0 aliphatic heterocycles. The summed E-state index contributed by atoms with van der Waals surface area (Å²) in [5, 5.41) is 3.71. The van der Waals surface area contributed by atoms with Gasteiger partial charge in [0.2, 0.25) is 5.91 Å². The molecule has 1 aromatic heterocycles. The van der Waals surface area contributed by atoms with E-state index < -0.39 is 0 Å². The summed E-state index contributed by atoms with van der Waals surface area (Å²) >= 11 is 6.01. The number of hydrogen-bond donors (Lipinski definition) is 1. The van der Waals surface area contributed by atoms with Crippen molar-refractivity contribution in [3.8, 4) is 0 Å². The molecule has 3 rings (SSSR count). The SMILES string of the molecule is Cc1cc(CNC(=O)C[C@H](c2ccccc2)c2ccc(Cl)cc2)ccn1. The Balaban J connectivity index is 1.73. The van der Waals surface area contributed by atoms with E-state index in [0.29, 0.717) is 18.0 Å². The first-order valence-electron chi connectivity index (χ1n) is 8.60. The minimum atomic E-state index is -0.00681. The highest BCUT2D eigenvalue weighted by atomic mass is 35.5. The van der Waals surface area contributed by atoms with Gasteiger partial charge in [0.05, 0.1) is 0 Å². The third-order valence-electron chi connectivity index (χ3n) is 4.31. The molecule has 0 bridgehead atoms. The zero-order valence-electron chi connectivity index (χ0n) is 14.7. The van der Waals surface area contributed by atoms with E-state index in [-0.39, 0.29) is 11.8 Å². The number of carbonyl (C=O) groups is 1. The van der Waals surface area contributed by atoms with Gasteiger partial charge in [0.15, 0.2) is 0 Å². The molecule has 1 heterocycles. The van der Waals surface area contributed by atoms with Gasteiger partial charge >= 0.3 is 0 Å². The van der Waals surface area contributed by atoms with Crippen LogP contribution in [-0.4, -0.2) is 10.9 Å². The Hall–Kier alpha value is -2.65. The molecule has 0 fully saturated rings. The first-order chi connectivity index (χ1) is 12.6. The van der Waals surface area contributed by atoms with Gasteiger partial charge in [-0.15, -0.1) is 0 Å². The number of benzene rings is 2. The van der Waals surface area contributed by atoms with Gasteiger partial charge in [-0.05, 0) is 47.9 Å². The van der Waals surface area contributed by atoms with Gasteiger partial charge < -0.3 is 5.32 Å². The Labute approximate surface area is 159 Å². The fraction of sp³-hybridized carbons (Fsp3) is 0.182. The second kappa shape index (κ2) is 8.63. The molecule has 2 aromatic carbocycles. The number of rotatable bonds is 6. The molecule has 0 spiro atoms. The average Bonchev–Trinajstić information content (AvgIpc) is 2.66. The van der Waals surface area contributed by atoms with Gasteiger partial charge in [-0.2, -0.15) is 0 Å². The van der Waals surface area contributed by atoms with Crippen molar-refractivity contribution in [1.29, 1.82) is 0 Å². The third kappa shape index (κ3) is 4.93. The Bertz CT molecular complexity index is 863. The highest BCUT2D eigenvalue weighted by Crippen LogP contribution is 2.28. The molecule has 26 heavy (non-hydrogen) atoms. The maximum absolute atomic E-state index is 12.6. The predicted octanol–water partition coefficient (Wildman–Crippen LogP) is 4.88. The molecule has 1 amide bonds. The lowest BCUT2D eigenvalue weighted by atomic mass is 9.88. The molecule has 3 nitrogen and oxygen atoms in total. The highest BCUT2D eigenvalue weighted by Gasteiger charge is 2.18. The number of halogens is 1. The van der Waals surface area contributed by atoms with Crippen LogP contribution in [0.4, 0.5) is 0 Å². The number of aromatic nitrogens is 1. The quantitative estimate of drug-likeness (QED) is 0.677. The van der Waals surface area contributed by atoms with Gasteiger partial charge in [-0.3, -0.25) is 9.78 Å². The fourth-order valence-corrected chi connectivity index (χ4v) is 3.11. The van der Waals surface area contributed by atoms with E-state index in [1.54, 1.807) is 6.20 Å². The molecule has 0 aliphatic carbocycles. The zero-order valence-corrected chi connectivity index (χ0v) is 15.4. The van der Waals surface area contributed by atoms with E-state index in [0.717, 1.165) is 22.4 Å². The van der Waals surface area contributed by atoms with Crippen LogP contribution in [0.2, 0.25) is 5.02 Å². The van der Waals surface area contributed by atoms with Crippen LogP contribution in [0.5, 0.6) is 0 Å². The number of nitrogens with one attached hydrogen (secondary N) is 1. The van der Waals surface area contributed by atoms with E-state index in [2.05, 4.69) is 22.4 Å².